The second kappa shape index (κ2) is 8.29. The first-order valence-electron chi connectivity index (χ1n) is 9.45. The molecule has 2 N–H and O–H groups in total. The number of imidazole rings is 1. The van der Waals surface area contributed by atoms with Crippen molar-refractivity contribution in [3.8, 4) is 17.1 Å². The molecule has 1 aliphatic heterocycles. The average Bonchev–Trinajstić information content (AvgIpc) is 2.99. The van der Waals surface area contributed by atoms with Gasteiger partial charge in [0.1, 0.15) is 36.0 Å². The Morgan fingerprint density at radius 2 is 2.29 bits per heavy atom. The van der Waals surface area contributed by atoms with Gasteiger partial charge in [-0.15, -0.1) is 0 Å². The molecule has 1 aromatic heterocycles. The molecule has 0 spiro atoms. The molecule has 3 rings (SSSR count). The van der Waals surface area contributed by atoms with Gasteiger partial charge in [-0.3, -0.25) is 5.41 Å². The van der Waals surface area contributed by atoms with Crippen molar-refractivity contribution in [2.45, 2.75) is 40.3 Å². The van der Waals surface area contributed by atoms with Crippen molar-refractivity contribution in [1.82, 2.24) is 14.9 Å². The minimum atomic E-state index is 0.185. The molecule has 0 aliphatic carbocycles. The third kappa shape index (κ3) is 3.93. The van der Waals surface area contributed by atoms with Crippen LogP contribution in [0.1, 0.15) is 37.6 Å². The maximum Gasteiger partial charge on any atom is 0.155 e. The standard InChI is InChI=1S/C21H27N5O2/c1-6-27-15(5)16-10-19-17(9-14(16)4)21-25-18(11-26(21)7-8-28-19)20(23-12-22)24-13(2)3/h9-13H,5-8H2,1-4H3,(H2,22,23,24). The molecule has 148 valence electrons. The van der Waals surface area contributed by atoms with Crippen molar-refractivity contribution in [2.75, 3.05) is 13.2 Å². The van der Waals surface area contributed by atoms with E-state index in [1.165, 1.54) is 0 Å². The summed E-state index contributed by atoms with van der Waals surface area (Å²) in [5, 5.41) is 10.6. The van der Waals surface area contributed by atoms with Crippen molar-refractivity contribution >= 4 is 17.9 Å². The van der Waals surface area contributed by atoms with Crippen LogP contribution in [0.25, 0.3) is 17.1 Å². The zero-order chi connectivity index (χ0) is 20.3. The Balaban J connectivity index is 2.07. The summed E-state index contributed by atoms with van der Waals surface area (Å²) in [5.41, 5.74) is 3.62. The number of ether oxygens (including phenoxy) is 2. The van der Waals surface area contributed by atoms with E-state index in [-0.39, 0.29) is 6.04 Å². The van der Waals surface area contributed by atoms with Gasteiger partial charge in [0.15, 0.2) is 5.84 Å². The Kier molecular flexibility index (Phi) is 5.82. The molecule has 0 fully saturated rings. The lowest BCUT2D eigenvalue weighted by atomic mass is 10.0. The number of amidine groups is 1. The van der Waals surface area contributed by atoms with Gasteiger partial charge in [-0.05, 0) is 45.4 Å². The molecule has 0 amide bonds. The van der Waals surface area contributed by atoms with Crippen LogP contribution in [0.3, 0.4) is 0 Å². The predicted molar refractivity (Wildman–Crippen MR) is 112 cm³/mol. The van der Waals surface area contributed by atoms with E-state index in [4.69, 9.17) is 19.9 Å². The van der Waals surface area contributed by atoms with E-state index in [1.807, 2.05) is 40.0 Å². The summed E-state index contributed by atoms with van der Waals surface area (Å²) in [4.78, 5) is 8.95. The monoisotopic (exact) mass is 381 g/mol. The zero-order valence-corrected chi connectivity index (χ0v) is 16.9. The smallest absolute Gasteiger partial charge is 0.155 e. The predicted octanol–water partition coefficient (Wildman–Crippen LogP) is 3.61. The first-order valence-corrected chi connectivity index (χ1v) is 9.45. The zero-order valence-electron chi connectivity index (χ0n) is 16.9. The number of rotatable bonds is 6. The minimum absolute atomic E-state index is 0.185. The maximum absolute atomic E-state index is 7.34. The lowest BCUT2D eigenvalue weighted by molar-refractivity contribution is 0.296. The van der Waals surface area contributed by atoms with Gasteiger partial charge in [-0.25, -0.2) is 9.98 Å². The normalized spacial score (nSPS) is 13.2. The average molecular weight is 381 g/mol. The molecule has 0 saturated carbocycles. The highest BCUT2D eigenvalue weighted by Crippen LogP contribution is 2.36. The Hall–Kier alpha value is -3.09. The topological polar surface area (TPSA) is 84.5 Å². The van der Waals surface area contributed by atoms with Crippen LogP contribution in [-0.2, 0) is 11.3 Å². The highest BCUT2D eigenvalue weighted by atomic mass is 16.5. The van der Waals surface area contributed by atoms with Crippen LogP contribution in [0.2, 0.25) is 0 Å². The summed E-state index contributed by atoms with van der Waals surface area (Å²) in [6.07, 6.45) is 2.98. The number of aryl methyl sites for hydroxylation is 1. The van der Waals surface area contributed by atoms with E-state index in [0.29, 0.717) is 37.0 Å². The Morgan fingerprint density at radius 3 is 2.96 bits per heavy atom. The van der Waals surface area contributed by atoms with Crippen molar-refractivity contribution in [2.24, 2.45) is 4.99 Å². The largest absolute Gasteiger partial charge is 0.494 e. The van der Waals surface area contributed by atoms with Gasteiger partial charge >= 0.3 is 0 Å². The molecule has 2 heterocycles. The molecule has 2 aromatic rings. The van der Waals surface area contributed by atoms with E-state index in [0.717, 1.165) is 34.6 Å². The van der Waals surface area contributed by atoms with E-state index in [2.05, 4.69) is 27.5 Å². The molecule has 28 heavy (non-hydrogen) atoms. The first-order chi connectivity index (χ1) is 13.4. The quantitative estimate of drug-likeness (QED) is 0.455. The van der Waals surface area contributed by atoms with Crippen LogP contribution in [0.15, 0.2) is 29.9 Å². The molecule has 0 radical (unpaired) electrons. The summed E-state index contributed by atoms with van der Waals surface area (Å²) in [5.74, 6) is 2.81. The molecular formula is C21H27N5O2. The highest BCUT2D eigenvalue weighted by Gasteiger charge is 2.22. The van der Waals surface area contributed by atoms with Gasteiger partial charge in [0.2, 0.25) is 0 Å². The Bertz CT molecular complexity index is 927. The minimum Gasteiger partial charge on any atom is -0.494 e. The fourth-order valence-corrected chi connectivity index (χ4v) is 3.22. The third-order valence-corrected chi connectivity index (χ3v) is 4.41. The van der Waals surface area contributed by atoms with Gasteiger partial charge in [0.05, 0.1) is 18.7 Å². The van der Waals surface area contributed by atoms with Crippen LogP contribution in [0.5, 0.6) is 5.75 Å². The molecule has 7 nitrogen and oxygen atoms in total. The fraction of sp³-hybridized carbons (Fsp3) is 0.381. The van der Waals surface area contributed by atoms with Gasteiger partial charge in [0, 0.05) is 17.8 Å². The number of nitrogens with zero attached hydrogens (tertiary/aromatic N) is 3. The number of fused-ring (bicyclic) bond motifs is 3. The van der Waals surface area contributed by atoms with Crippen molar-refractivity contribution in [3.05, 3.63) is 41.7 Å². The molecule has 0 atom stereocenters. The van der Waals surface area contributed by atoms with Crippen LogP contribution in [-0.4, -0.2) is 41.0 Å². The van der Waals surface area contributed by atoms with Gasteiger partial charge < -0.3 is 19.4 Å². The molecular weight excluding hydrogens is 354 g/mol. The number of aromatic nitrogens is 2. The van der Waals surface area contributed by atoms with Gasteiger partial charge in [0.25, 0.3) is 0 Å². The Morgan fingerprint density at radius 1 is 1.50 bits per heavy atom. The summed E-state index contributed by atoms with van der Waals surface area (Å²) in [7, 11) is 0. The maximum atomic E-state index is 7.34. The van der Waals surface area contributed by atoms with Crippen molar-refractivity contribution < 1.29 is 9.47 Å². The van der Waals surface area contributed by atoms with Crippen LogP contribution >= 0.6 is 0 Å². The van der Waals surface area contributed by atoms with Gasteiger partial charge in [-0.1, -0.05) is 6.58 Å². The second-order valence-electron chi connectivity index (χ2n) is 6.92. The molecule has 1 aliphatic rings. The van der Waals surface area contributed by atoms with E-state index in [1.54, 1.807) is 0 Å². The van der Waals surface area contributed by atoms with Crippen LogP contribution in [0.4, 0.5) is 0 Å². The molecule has 0 bridgehead atoms. The summed E-state index contributed by atoms with van der Waals surface area (Å²) >= 11 is 0. The third-order valence-electron chi connectivity index (χ3n) is 4.41. The molecule has 1 aromatic carbocycles. The van der Waals surface area contributed by atoms with E-state index >= 15 is 0 Å². The lowest BCUT2D eigenvalue weighted by Gasteiger charge is -2.14. The highest BCUT2D eigenvalue weighted by molar-refractivity contribution is 6.01. The van der Waals surface area contributed by atoms with Crippen LogP contribution < -0.4 is 10.1 Å². The molecule has 7 heteroatoms. The number of benzene rings is 1. The lowest BCUT2D eigenvalue weighted by Crippen LogP contribution is -2.31. The number of nitrogens with one attached hydrogen (secondary N) is 2. The molecule has 0 unspecified atom stereocenters. The SMILES string of the molecule is C=C(OCC)c1cc2c(cc1C)-c1nc(/C(=N/C=N)NC(C)C)cn1CCO2. The number of hydrogen-bond acceptors (Lipinski definition) is 4. The van der Waals surface area contributed by atoms with Crippen molar-refractivity contribution in [3.63, 3.8) is 0 Å². The first kappa shape index (κ1) is 19.7. The van der Waals surface area contributed by atoms with E-state index < -0.39 is 0 Å². The second-order valence-corrected chi connectivity index (χ2v) is 6.92. The summed E-state index contributed by atoms with van der Waals surface area (Å²) < 4.78 is 13.6. The van der Waals surface area contributed by atoms with Crippen molar-refractivity contribution in [1.29, 1.82) is 5.41 Å². The summed E-state index contributed by atoms with van der Waals surface area (Å²) in [6, 6.07) is 4.22. The fourth-order valence-electron chi connectivity index (χ4n) is 3.22. The number of aliphatic imine (C=N–C) groups is 1. The Labute approximate surface area is 165 Å². The van der Waals surface area contributed by atoms with Gasteiger partial charge in [-0.2, -0.15) is 0 Å². The van der Waals surface area contributed by atoms with E-state index in [9.17, 15) is 0 Å². The summed E-state index contributed by atoms with van der Waals surface area (Å²) in [6.45, 7) is 13.8. The number of hydrogen-bond donors (Lipinski definition) is 2. The van der Waals surface area contributed by atoms with Crippen LogP contribution in [0, 0.1) is 12.3 Å². The molecule has 0 saturated heterocycles.